The van der Waals surface area contributed by atoms with Gasteiger partial charge in [0.05, 0.1) is 19.8 Å². The molecule has 3 N–H and O–H groups in total. The van der Waals surface area contributed by atoms with Crippen molar-refractivity contribution in [2.24, 2.45) is 0 Å². The number of rotatable bonds is 33. The molecule has 3 unspecified atom stereocenters. The van der Waals surface area contributed by atoms with E-state index in [0.29, 0.717) is 12.8 Å². The van der Waals surface area contributed by atoms with Crippen molar-refractivity contribution in [1.82, 2.24) is 0 Å². The van der Waals surface area contributed by atoms with E-state index in [-0.39, 0.29) is 19.4 Å². The fraction of sp³-hybridized carbons (Fsp3) is 0.939. The predicted molar refractivity (Wildman–Crippen MR) is 173 cm³/mol. The second-order valence-electron chi connectivity index (χ2n) is 11.9. The van der Waals surface area contributed by atoms with Gasteiger partial charge in [0.1, 0.15) is 12.7 Å². The number of hydrogen-bond donors (Lipinski definition) is 3. The van der Waals surface area contributed by atoms with E-state index >= 15 is 0 Å². The number of aliphatic hydroxyl groups is 2. The summed E-state index contributed by atoms with van der Waals surface area (Å²) in [5.41, 5.74) is 0. The SMILES string of the molecule is CCCCCCCCCCCCCCCCCC(=O)OC(COC(=O)CCCCCCCC)COP(=O)(O)OCC(O)CO. The summed E-state index contributed by atoms with van der Waals surface area (Å²) in [6.07, 6.45) is 22.5. The van der Waals surface area contributed by atoms with Crippen molar-refractivity contribution in [2.45, 2.75) is 174 Å². The zero-order valence-electron chi connectivity index (χ0n) is 27.9. The molecule has 0 aromatic rings. The molecule has 0 radical (unpaired) electrons. The maximum absolute atomic E-state index is 12.5. The smallest absolute Gasteiger partial charge is 0.462 e. The minimum atomic E-state index is -4.59. The standard InChI is InChI=1S/C33H65O10P/c1-3-5-7-9-11-12-13-14-15-16-17-18-19-21-23-25-33(37)43-31(29-42-44(38,39)41-27-30(35)26-34)28-40-32(36)24-22-20-10-8-6-4-2/h30-31,34-35H,3-29H2,1-2H3,(H,38,39). The van der Waals surface area contributed by atoms with Crippen LogP contribution in [0.15, 0.2) is 0 Å². The van der Waals surface area contributed by atoms with Crippen LogP contribution in [-0.2, 0) is 32.7 Å². The molecule has 262 valence electrons. The van der Waals surface area contributed by atoms with Gasteiger partial charge >= 0.3 is 19.8 Å². The van der Waals surface area contributed by atoms with Gasteiger partial charge in [-0.1, -0.05) is 136 Å². The van der Waals surface area contributed by atoms with Gasteiger partial charge in [-0.15, -0.1) is 0 Å². The van der Waals surface area contributed by atoms with Gasteiger partial charge in [-0.05, 0) is 12.8 Å². The van der Waals surface area contributed by atoms with Crippen molar-refractivity contribution >= 4 is 19.8 Å². The first-order valence-electron chi connectivity index (χ1n) is 17.5. The van der Waals surface area contributed by atoms with Crippen molar-refractivity contribution in [2.75, 3.05) is 26.4 Å². The maximum atomic E-state index is 12.5. The zero-order chi connectivity index (χ0) is 32.7. The Labute approximate surface area is 267 Å². The Morgan fingerprint density at radius 1 is 0.591 bits per heavy atom. The molecule has 44 heavy (non-hydrogen) atoms. The summed E-state index contributed by atoms with van der Waals surface area (Å²) in [7, 11) is -4.59. The van der Waals surface area contributed by atoms with Crippen molar-refractivity contribution in [1.29, 1.82) is 0 Å². The molecule has 0 aliphatic heterocycles. The molecule has 10 nitrogen and oxygen atoms in total. The molecular formula is C33H65O10P. The molecule has 11 heteroatoms. The van der Waals surface area contributed by atoms with Gasteiger partial charge in [0.2, 0.25) is 0 Å². The normalized spacial score (nSPS) is 14.2. The highest BCUT2D eigenvalue weighted by Gasteiger charge is 2.27. The quantitative estimate of drug-likeness (QED) is 0.0362. The summed E-state index contributed by atoms with van der Waals surface area (Å²) < 4.78 is 32.4. The minimum Gasteiger partial charge on any atom is -0.462 e. The maximum Gasteiger partial charge on any atom is 0.472 e. The lowest BCUT2D eigenvalue weighted by molar-refractivity contribution is -0.161. The molecular weight excluding hydrogens is 587 g/mol. The van der Waals surface area contributed by atoms with E-state index in [1.807, 2.05) is 0 Å². The van der Waals surface area contributed by atoms with E-state index in [0.717, 1.165) is 44.9 Å². The van der Waals surface area contributed by atoms with Crippen LogP contribution < -0.4 is 0 Å². The highest BCUT2D eigenvalue weighted by atomic mass is 31.2. The lowest BCUT2D eigenvalue weighted by Crippen LogP contribution is -2.29. The van der Waals surface area contributed by atoms with Crippen LogP contribution in [0.1, 0.15) is 162 Å². The first-order valence-corrected chi connectivity index (χ1v) is 19.0. The number of unbranched alkanes of at least 4 members (excludes halogenated alkanes) is 19. The summed E-state index contributed by atoms with van der Waals surface area (Å²) in [5, 5.41) is 18.2. The van der Waals surface area contributed by atoms with E-state index in [4.69, 9.17) is 19.1 Å². The Morgan fingerprint density at radius 3 is 1.41 bits per heavy atom. The van der Waals surface area contributed by atoms with E-state index < -0.39 is 51.8 Å². The van der Waals surface area contributed by atoms with Crippen molar-refractivity contribution in [3.05, 3.63) is 0 Å². The third-order valence-corrected chi connectivity index (χ3v) is 8.46. The van der Waals surface area contributed by atoms with Gasteiger partial charge in [-0.2, -0.15) is 0 Å². The number of aliphatic hydroxyl groups excluding tert-OH is 2. The molecule has 0 aliphatic carbocycles. The summed E-state index contributed by atoms with van der Waals surface area (Å²) in [6.45, 7) is 2.30. The lowest BCUT2D eigenvalue weighted by Gasteiger charge is -2.20. The van der Waals surface area contributed by atoms with E-state index in [2.05, 4.69) is 18.4 Å². The molecule has 0 saturated heterocycles. The largest absolute Gasteiger partial charge is 0.472 e. The van der Waals surface area contributed by atoms with Gasteiger partial charge < -0.3 is 24.6 Å². The molecule has 0 aromatic carbocycles. The van der Waals surface area contributed by atoms with Gasteiger partial charge in [-0.3, -0.25) is 18.6 Å². The van der Waals surface area contributed by atoms with Crippen LogP contribution in [-0.4, -0.2) is 65.7 Å². The van der Waals surface area contributed by atoms with Crippen LogP contribution in [0, 0.1) is 0 Å². The van der Waals surface area contributed by atoms with E-state index in [9.17, 15) is 24.2 Å². The molecule has 0 aliphatic rings. The Morgan fingerprint density at radius 2 is 0.977 bits per heavy atom. The van der Waals surface area contributed by atoms with Crippen molar-refractivity contribution in [3.8, 4) is 0 Å². The molecule has 3 atom stereocenters. The highest BCUT2D eigenvalue weighted by Crippen LogP contribution is 2.43. The van der Waals surface area contributed by atoms with Crippen LogP contribution in [0.25, 0.3) is 0 Å². The van der Waals surface area contributed by atoms with Gasteiger partial charge in [0, 0.05) is 12.8 Å². The molecule has 0 saturated carbocycles. The Hall–Kier alpha value is -1.03. The minimum absolute atomic E-state index is 0.191. The second kappa shape index (κ2) is 30.6. The van der Waals surface area contributed by atoms with Gasteiger partial charge in [0.25, 0.3) is 0 Å². The fourth-order valence-electron chi connectivity index (χ4n) is 4.76. The zero-order valence-corrected chi connectivity index (χ0v) is 28.8. The number of phosphoric acid groups is 1. The molecule has 0 amide bonds. The lowest BCUT2D eigenvalue weighted by atomic mass is 10.0. The van der Waals surface area contributed by atoms with Crippen LogP contribution in [0.2, 0.25) is 0 Å². The Bertz CT molecular complexity index is 721. The number of carbonyl (C=O) groups is 2. The Balaban J connectivity index is 4.29. The van der Waals surface area contributed by atoms with E-state index in [1.54, 1.807) is 0 Å². The number of ether oxygens (including phenoxy) is 2. The van der Waals surface area contributed by atoms with Crippen LogP contribution >= 0.6 is 7.82 Å². The Kier molecular flexibility index (Phi) is 29.9. The predicted octanol–water partition coefficient (Wildman–Crippen LogP) is 7.94. The first kappa shape index (κ1) is 43.0. The molecule has 0 rings (SSSR count). The summed E-state index contributed by atoms with van der Waals surface area (Å²) in [4.78, 5) is 34.5. The summed E-state index contributed by atoms with van der Waals surface area (Å²) >= 11 is 0. The molecule has 0 heterocycles. The number of phosphoric ester groups is 1. The molecule has 0 aromatic heterocycles. The topological polar surface area (TPSA) is 149 Å². The van der Waals surface area contributed by atoms with Crippen LogP contribution in [0.4, 0.5) is 0 Å². The second-order valence-corrected chi connectivity index (χ2v) is 13.4. The van der Waals surface area contributed by atoms with Crippen molar-refractivity contribution < 1.29 is 47.8 Å². The van der Waals surface area contributed by atoms with Gasteiger partial charge in [-0.25, -0.2) is 4.57 Å². The van der Waals surface area contributed by atoms with E-state index in [1.165, 1.54) is 77.0 Å². The van der Waals surface area contributed by atoms with Crippen LogP contribution in [0.5, 0.6) is 0 Å². The monoisotopic (exact) mass is 652 g/mol. The third kappa shape index (κ3) is 29.7. The number of carbonyl (C=O) groups excluding carboxylic acids is 2. The summed E-state index contributed by atoms with van der Waals surface area (Å²) in [5.74, 6) is -0.928. The summed E-state index contributed by atoms with van der Waals surface area (Å²) in [6, 6.07) is 0. The average molecular weight is 653 g/mol. The fourth-order valence-corrected chi connectivity index (χ4v) is 5.55. The molecule has 0 fully saturated rings. The number of esters is 2. The van der Waals surface area contributed by atoms with Gasteiger partial charge in [0.15, 0.2) is 6.10 Å². The molecule has 0 bridgehead atoms. The third-order valence-electron chi connectivity index (χ3n) is 7.51. The first-order chi connectivity index (χ1) is 21.2. The molecule has 0 spiro atoms. The average Bonchev–Trinajstić information content (AvgIpc) is 3.01. The number of hydrogen-bond acceptors (Lipinski definition) is 9. The van der Waals surface area contributed by atoms with Crippen molar-refractivity contribution in [3.63, 3.8) is 0 Å². The van der Waals surface area contributed by atoms with Crippen LogP contribution in [0.3, 0.4) is 0 Å². The highest BCUT2D eigenvalue weighted by molar-refractivity contribution is 7.47.